The highest BCUT2D eigenvalue weighted by Gasteiger charge is 2.31. The van der Waals surface area contributed by atoms with Gasteiger partial charge in [0.2, 0.25) is 0 Å². The number of ether oxygens (including phenoxy) is 1. The number of esters is 1. The number of urea groups is 1. The Morgan fingerprint density at radius 1 is 1.00 bits per heavy atom. The van der Waals surface area contributed by atoms with E-state index in [1.165, 1.54) is 29.2 Å². The largest absolute Gasteiger partial charge is 0.457 e. The van der Waals surface area contributed by atoms with E-state index in [-0.39, 0.29) is 12.1 Å². The molecule has 8 heteroatoms. The smallest absolute Gasteiger partial charge is 0.323 e. The number of nitro groups is 1. The van der Waals surface area contributed by atoms with Crippen molar-refractivity contribution in [2.75, 3.05) is 4.90 Å². The quantitative estimate of drug-likeness (QED) is 0.388. The molecule has 0 spiro atoms. The molecule has 1 aliphatic heterocycles. The van der Waals surface area contributed by atoms with Crippen LogP contribution < -0.4 is 10.6 Å². The highest BCUT2D eigenvalue weighted by atomic mass is 16.6. The average Bonchev–Trinajstić information content (AvgIpc) is 2.88. The molecule has 0 aromatic heterocycles. The van der Waals surface area contributed by atoms with E-state index in [4.69, 9.17) is 10.5 Å². The van der Waals surface area contributed by atoms with E-state index in [0.29, 0.717) is 28.9 Å². The number of para-hydroxylation sites is 2. The second-order valence-corrected chi connectivity index (χ2v) is 7.14. The van der Waals surface area contributed by atoms with Crippen LogP contribution in [0.25, 0.3) is 0 Å². The van der Waals surface area contributed by atoms with Gasteiger partial charge in [0, 0.05) is 24.1 Å². The van der Waals surface area contributed by atoms with Gasteiger partial charge in [-0.1, -0.05) is 48.5 Å². The van der Waals surface area contributed by atoms with E-state index in [0.717, 1.165) is 5.56 Å². The van der Waals surface area contributed by atoms with Gasteiger partial charge in [-0.3, -0.25) is 19.8 Å². The van der Waals surface area contributed by atoms with Crippen molar-refractivity contribution in [2.24, 2.45) is 5.73 Å². The molecular formula is C23H19N3O5. The average molecular weight is 417 g/mol. The normalized spacial score (nSPS) is 14.7. The van der Waals surface area contributed by atoms with Crippen LogP contribution in [-0.2, 0) is 22.4 Å². The Bertz CT molecular complexity index is 1160. The first-order chi connectivity index (χ1) is 14.9. The highest BCUT2D eigenvalue weighted by molar-refractivity contribution is 6.00. The summed E-state index contributed by atoms with van der Waals surface area (Å²) in [5.74, 6) is -0.473. The van der Waals surface area contributed by atoms with Crippen molar-refractivity contribution in [1.29, 1.82) is 0 Å². The number of nitrogens with zero attached hydrogens (tertiary/aromatic N) is 2. The fraction of sp³-hybridized carbons (Fsp3) is 0.130. The van der Waals surface area contributed by atoms with Gasteiger partial charge in [0.05, 0.1) is 22.7 Å². The topological polar surface area (TPSA) is 116 Å². The van der Waals surface area contributed by atoms with Crippen molar-refractivity contribution in [2.45, 2.75) is 18.9 Å². The van der Waals surface area contributed by atoms with E-state index in [9.17, 15) is 19.7 Å². The molecular weight excluding hydrogens is 398 g/mol. The third kappa shape index (κ3) is 4.09. The minimum Gasteiger partial charge on any atom is -0.457 e. The number of fused-ring (bicyclic) bond motifs is 2. The number of rotatable bonds is 4. The van der Waals surface area contributed by atoms with Crippen molar-refractivity contribution in [1.82, 2.24) is 0 Å². The van der Waals surface area contributed by atoms with Crippen LogP contribution in [0.5, 0.6) is 0 Å². The Hall–Kier alpha value is -4.20. The van der Waals surface area contributed by atoms with Gasteiger partial charge in [-0.15, -0.1) is 0 Å². The molecule has 0 unspecified atom stereocenters. The molecule has 3 aromatic carbocycles. The number of nitro benzene ring substituents is 1. The molecule has 3 aromatic rings. The first kappa shape index (κ1) is 20.1. The number of primary amides is 1. The standard InChI is InChI=1S/C23H19N3O5/c24-23(28)25-19-7-3-1-5-16(19)14-21(18-6-2-4-8-20(18)25)31-22(27)13-15-9-11-17(12-10-15)26(29)30/h1-12,21H,13-14H2,(H2,24,28)/t21-/m0/s1. The fourth-order valence-corrected chi connectivity index (χ4v) is 3.75. The molecule has 0 aliphatic carbocycles. The lowest BCUT2D eigenvalue weighted by molar-refractivity contribution is -0.384. The summed E-state index contributed by atoms with van der Waals surface area (Å²) in [5, 5.41) is 10.8. The van der Waals surface area contributed by atoms with Crippen LogP contribution in [0.1, 0.15) is 22.8 Å². The predicted molar refractivity (Wildman–Crippen MR) is 114 cm³/mol. The number of benzene rings is 3. The first-order valence-corrected chi connectivity index (χ1v) is 9.63. The van der Waals surface area contributed by atoms with Gasteiger partial charge < -0.3 is 10.5 Å². The molecule has 0 bridgehead atoms. The number of hydrogen-bond acceptors (Lipinski definition) is 5. The molecule has 0 fully saturated rings. The minimum absolute atomic E-state index is 0.0299. The van der Waals surface area contributed by atoms with E-state index in [2.05, 4.69) is 0 Å². The van der Waals surface area contributed by atoms with Gasteiger partial charge in [-0.2, -0.15) is 0 Å². The van der Waals surface area contributed by atoms with Crippen molar-refractivity contribution >= 4 is 29.1 Å². The van der Waals surface area contributed by atoms with Crippen LogP contribution in [0.2, 0.25) is 0 Å². The van der Waals surface area contributed by atoms with E-state index in [1.807, 2.05) is 24.3 Å². The summed E-state index contributed by atoms with van der Waals surface area (Å²) < 4.78 is 5.81. The summed E-state index contributed by atoms with van der Waals surface area (Å²) >= 11 is 0. The summed E-state index contributed by atoms with van der Waals surface area (Å²) in [6.07, 6.45) is -0.270. The third-order valence-corrected chi connectivity index (χ3v) is 5.15. The van der Waals surface area contributed by atoms with Crippen LogP contribution in [0, 0.1) is 10.1 Å². The van der Waals surface area contributed by atoms with Gasteiger partial charge in [0.1, 0.15) is 6.10 Å². The zero-order chi connectivity index (χ0) is 22.0. The molecule has 4 rings (SSSR count). The lowest BCUT2D eigenvalue weighted by Crippen LogP contribution is -2.32. The lowest BCUT2D eigenvalue weighted by Gasteiger charge is -2.23. The number of amides is 2. The number of anilines is 2. The number of nitrogens with two attached hydrogens (primary N) is 1. The first-order valence-electron chi connectivity index (χ1n) is 9.63. The Labute approximate surface area is 178 Å². The van der Waals surface area contributed by atoms with E-state index in [1.54, 1.807) is 24.3 Å². The molecule has 31 heavy (non-hydrogen) atoms. The molecule has 156 valence electrons. The SMILES string of the molecule is NC(=O)N1c2ccccc2C[C@H](OC(=O)Cc2ccc([N+](=O)[O-])cc2)c2ccccc21. The molecule has 2 amide bonds. The Morgan fingerprint density at radius 2 is 1.65 bits per heavy atom. The van der Waals surface area contributed by atoms with Crippen LogP contribution in [0.4, 0.5) is 21.9 Å². The second kappa shape index (κ2) is 8.27. The predicted octanol–water partition coefficient (Wildman–Crippen LogP) is 4.19. The fourth-order valence-electron chi connectivity index (χ4n) is 3.75. The highest BCUT2D eigenvalue weighted by Crippen LogP contribution is 2.41. The monoisotopic (exact) mass is 417 g/mol. The van der Waals surface area contributed by atoms with Gasteiger partial charge in [0.25, 0.3) is 5.69 Å². The Kier molecular flexibility index (Phi) is 5.36. The summed E-state index contributed by atoms with van der Waals surface area (Å²) in [7, 11) is 0. The van der Waals surface area contributed by atoms with Crippen molar-refractivity contribution in [3.8, 4) is 0 Å². The maximum Gasteiger partial charge on any atom is 0.323 e. The van der Waals surface area contributed by atoms with Gasteiger partial charge >= 0.3 is 12.0 Å². The Morgan fingerprint density at radius 3 is 2.32 bits per heavy atom. The number of carbonyl (C=O) groups is 2. The summed E-state index contributed by atoms with van der Waals surface area (Å²) in [6.45, 7) is 0. The van der Waals surface area contributed by atoms with E-state index < -0.39 is 23.0 Å². The second-order valence-electron chi connectivity index (χ2n) is 7.14. The number of non-ortho nitro benzene ring substituents is 1. The Balaban J connectivity index is 1.63. The molecule has 1 aliphatic rings. The van der Waals surface area contributed by atoms with Gasteiger partial charge in [0.15, 0.2) is 0 Å². The van der Waals surface area contributed by atoms with Gasteiger partial charge in [-0.25, -0.2) is 4.79 Å². The van der Waals surface area contributed by atoms with Crippen LogP contribution in [0.3, 0.4) is 0 Å². The molecule has 8 nitrogen and oxygen atoms in total. The van der Waals surface area contributed by atoms with Crippen LogP contribution >= 0.6 is 0 Å². The minimum atomic E-state index is -0.627. The van der Waals surface area contributed by atoms with Crippen LogP contribution in [0.15, 0.2) is 72.8 Å². The molecule has 1 atom stereocenters. The molecule has 2 N–H and O–H groups in total. The molecule has 0 saturated heterocycles. The summed E-state index contributed by atoms with van der Waals surface area (Å²) in [6, 6.07) is 19.7. The number of hydrogen-bond donors (Lipinski definition) is 1. The number of carbonyl (C=O) groups excluding carboxylic acids is 2. The molecule has 1 heterocycles. The summed E-state index contributed by atoms with van der Waals surface area (Å²) in [5.41, 5.74) is 8.96. The van der Waals surface area contributed by atoms with E-state index >= 15 is 0 Å². The van der Waals surface area contributed by atoms with Crippen molar-refractivity contribution in [3.63, 3.8) is 0 Å². The molecule has 0 radical (unpaired) electrons. The lowest BCUT2D eigenvalue weighted by atomic mass is 10.0. The van der Waals surface area contributed by atoms with Crippen molar-refractivity contribution in [3.05, 3.63) is 99.6 Å². The zero-order valence-corrected chi connectivity index (χ0v) is 16.4. The summed E-state index contributed by atoms with van der Waals surface area (Å²) in [4.78, 5) is 36.7. The maximum atomic E-state index is 12.7. The van der Waals surface area contributed by atoms with Crippen LogP contribution in [-0.4, -0.2) is 16.9 Å². The third-order valence-electron chi connectivity index (χ3n) is 5.15. The molecule has 0 saturated carbocycles. The maximum absolute atomic E-state index is 12.7. The zero-order valence-electron chi connectivity index (χ0n) is 16.4. The van der Waals surface area contributed by atoms with Crippen molar-refractivity contribution < 1.29 is 19.2 Å². The van der Waals surface area contributed by atoms with Gasteiger partial charge in [-0.05, 0) is 23.3 Å².